The number of piperidine rings is 1. The Labute approximate surface area is 163 Å². The van der Waals surface area contributed by atoms with Crippen molar-refractivity contribution in [2.75, 3.05) is 13.1 Å². The molecule has 25 heavy (non-hydrogen) atoms. The SMILES string of the molecule is CC1(Cc2ccc(Cl)cc2)CCCN(S(=O)(=O)c2ccc(Br)cc2)C1. The highest BCUT2D eigenvalue weighted by Gasteiger charge is 2.37. The molecule has 1 saturated heterocycles. The van der Waals surface area contributed by atoms with Crippen LogP contribution < -0.4 is 0 Å². The average molecular weight is 443 g/mol. The van der Waals surface area contributed by atoms with E-state index in [-0.39, 0.29) is 5.41 Å². The molecule has 1 heterocycles. The fourth-order valence-electron chi connectivity index (χ4n) is 3.47. The zero-order valence-corrected chi connectivity index (χ0v) is 17.2. The minimum Gasteiger partial charge on any atom is -0.207 e. The van der Waals surface area contributed by atoms with Gasteiger partial charge in [0.1, 0.15) is 0 Å². The molecule has 0 spiro atoms. The molecule has 0 N–H and O–H groups in total. The fraction of sp³-hybridized carbons (Fsp3) is 0.368. The van der Waals surface area contributed by atoms with Crippen molar-refractivity contribution < 1.29 is 8.42 Å². The Morgan fingerprint density at radius 3 is 2.40 bits per heavy atom. The van der Waals surface area contributed by atoms with Crippen molar-refractivity contribution in [2.45, 2.75) is 31.1 Å². The molecule has 2 aromatic rings. The Hall–Kier alpha value is -0.880. The van der Waals surface area contributed by atoms with Gasteiger partial charge < -0.3 is 0 Å². The lowest BCUT2D eigenvalue weighted by Crippen LogP contribution is -2.45. The van der Waals surface area contributed by atoms with E-state index in [1.54, 1.807) is 28.6 Å². The number of rotatable bonds is 4. The number of halogens is 2. The van der Waals surface area contributed by atoms with Crippen LogP contribution in [0.25, 0.3) is 0 Å². The standard InChI is InChI=1S/C19H21BrClNO2S/c1-19(13-15-3-7-17(21)8-4-15)11-2-12-22(14-19)25(23,24)18-9-5-16(20)6-10-18/h3-10H,2,11-14H2,1H3. The highest BCUT2D eigenvalue weighted by Crippen LogP contribution is 2.35. The van der Waals surface area contributed by atoms with Gasteiger partial charge in [-0.15, -0.1) is 0 Å². The van der Waals surface area contributed by atoms with E-state index in [0.29, 0.717) is 18.0 Å². The second kappa shape index (κ2) is 7.39. The normalized spacial score (nSPS) is 22.0. The molecular formula is C19H21BrClNO2S. The van der Waals surface area contributed by atoms with Crippen LogP contribution in [0.15, 0.2) is 57.9 Å². The summed E-state index contributed by atoms with van der Waals surface area (Å²) in [7, 11) is -3.46. The first-order valence-corrected chi connectivity index (χ1v) is 10.9. The molecule has 0 radical (unpaired) electrons. The Morgan fingerprint density at radius 2 is 1.76 bits per heavy atom. The molecule has 0 saturated carbocycles. The highest BCUT2D eigenvalue weighted by atomic mass is 79.9. The predicted octanol–water partition coefficient (Wildman–Crippen LogP) is 5.14. The summed E-state index contributed by atoms with van der Waals surface area (Å²) in [6.07, 6.45) is 2.73. The molecule has 0 aromatic heterocycles. The molecule has 0 amide bonds. The van der Waals surface area contributed by atoms with Gasteiger partial charge in [-0.25, -0.2) is 8.42 Å². The van der Waals surface area contributed by atoms with Crippen molar-refractivity contribution in [3.05, 3.63) is 63.6 Å². The van der Waals surface area contributed by atoms with E-state index in [0.717, 1.165) is 28.8 Å². The van der Waals surface area contributed by atoms with Crippen LogP contribution >= 0.6 is 27.5 Å². The monoisotopic (exact) mass is 441 g/mol. The average Bonchev–Trinajstić information content (AvgIpc) is 2.57. The third kappa shape index (κ3) is 4.45. The molecule has 0 aliphatic carbocycles. The third-order valence-corrected chi connectivity index (χ3v) is 7.38. The van der Waals surface area contributed by atoms with Gasteiger partial charge in [-0.05, 0) is 66.6 Å². The summed E-state index contributed by atoms with van der Waals surface area (Å²) < 4.78 is 28.5. The number of hydrogen-bond acceptors (Lipinski definition) is 2. The molecule has 2 aromatic carbocycles. The summed E-state index contributed by atoms with van der Waals surface area (Å²) in [6.45, 7) is 3.29. The maximum absolute atomic E-state index is 13.0. The van der Waals surface area contributed by atoms with Gasteiger partial charge in [-0.1, -0.05) is 46.6 Å². The molecular weight excluding hydrogens is 422 g/mol. The lowest BCUT2D eigenvalue weighted by molar-refractivity contribution is 0.165. The van der Waals surface area contributed by atoms with E-state index in [9.17, 15) is 8.42 Å². The van der Waals surface area contributed by atoms with Crippen LogP contribution in [0.1, 0.15) is 25.3 Å². The van der Waals surface area contributed by atoms with E-state index in [2.05, 4.69) is 22.9 Å². The summed E-state index contributed by atoms with van der Waals surface area (Å²) in [4.78, 5) is 0.353. The minimum absolute atomic E-state index is 0.0749. The molecule has 1 aliphatic rings. The number of benzene rings is 2. The van der Waals surface area contributed by atoms with Gasteiger partial charge in [-0.2, -0.15) is 4.31 Å². The molecule has 1 atom stereocenters. The van der Waals surface area contributed by atoms with Crippen molar-refractivity contribution in [2.24, 2.45) is 5.41 Å². The zero-order valence-electron chi connectivity index (χ0n) is 14.1. The predicted molar refractivity (Wildman–Crippen MR) is 105 cm³/mol. The van der Waals surface area contributed by atoms with E-state index in [1.165, 1.54) is 5.56 Å². The Bertz CT molecular complexity index is 837. The number of hydrogen-bond donors (Lipinski definition) is 0. The first kappa shape index (κ1) is 18.9. The van der Waals surface area contributed by atoms with Gasteiger partial charge >= 0.3 is 0 Å². The Kier molecular flexibility index (Phi) is 5.59. The van der Waals surface area contributed by atoms with Crippen LogP contribution in [0.4, 0.5) is 0 Å². The Morgan fingerprint density at radius 1 is 1.12 bits per heavy atom. The molecule has 1 fully saturated rings. The second-order valence-corrected chi connectivity index (χ2v) is 10.3. The smallest absolute Gasteiger partial charge is 0.207 e. The highest BCUT2D eigenvalue weighted by molar-refractivity contribution is 9.10. The van der Waals surface area contributed by atoms with Gasteiger partial charge in [-0.3, -0.25) is 0 Å². The van der Waals surface area contributed by atoms with Crippen LogP contribution in [0.3, 0.4) is 0 Å². The maximum Gasteiger partial charge on any atom is 0.243 e. The van der Waals surface area contributed by atoms with Crippen molar-refractivity contribution in [1.82, 2.24) is 4.31 Å². The molecule has 1 unspecified atom stereocenters. The van der Waals surface area contributed by atoms with Gasteiger partial charge in [0.2, 0.25) is 10.0 Å². The second-order valence-electron chi connectivity index (χ2n) is 7.01. The van der Waals surface area contributed by atoms with Crippen LogP contribution in [-0.2, 0) is 16.4 Å². The van der Waals surface area contributed by atoms with Crippen molar-refractivity contribution >= 4 is 37.6 Å². The van der Waals surface area contributed by atoms with Gasteiger partial charge in [0, 0.05) is 22.6 Å². The van der Waals surface area contributed by atoms with Crippen LogP contribution in [-0.4, -0.2) is 25.8 Å². The lowest BCUT2D eigenvalue weighted by Gasteiger charge is -2.40. The molecule has 3 nitrogen and oxygen atoms in total. The minimum atomic E-state index is -3.46. The first-order valence-electron chi connectivity index (χ1n) is 8.29. The summed E-state index contributed by atoms with van der Waals surface area (Å²) in [5, 5.41) is 0.719. The van der Waals surface area contributed by atoms with Crippen molar-refractivity contribution in [3.8, 4) is 0 Å². The molecule has 134 valence electrons. The van der Waals surface area contributed by atoms with Crippen LogP contribution in [0.2, 0.25) is 5.02 Å². The summed E-state index contributed by atoms with van der Waals surface area (Å²) in [5.74, 6) is 0. The van der Waals surface area contributed by atoms with Gasteiger partial charge in [0.05, 0.1) is 4.90 Å². The molecule has 0 bridgehead atoms. The molecule has 3 rings (SSSR count). The van der Waals surface area contributed by atoms with Gasteiger partial charge in [0.15, 0.2) is 0 Å². The van der Waals surface area contributed by atoms with E-state index < -0.39 is 10.0 Å². The van der Waals surface area contributed by atoms with E-state index >= 15 is 0 Å². The summed E-state index contributed by atoms with van der Waals surface area (Å²) >= 11 is 9.31. The quantitative estimate of drug-likeness (QED) is 0.658. The largest absolute Gasteiger partial charge is 0.243 e. The number of sulfonamides is 1. The zero-order chi connectivity index (χ0) is 18.1. The maximum atomic E-state index is 13.0. The van der Waals surface area contributed by atoms with E-state index in [4.69, 9.17) is 11.6 Å². The van der Waals surface area contributed by atoms with Crippen LogP contribution in [0, 0.1) is 5.41 Å². The number of nitrogens with zero attached hydrogens (tertiary/aromatic N) is 1. The van der Waals surface area contributed by atoms with E-state index in [1.807, 2.05) is 24.3 Å². The first-order chi connectivity index (χ1) is 11.8. The molecule has 6 heteroatoms. The topological polar surface area (TPSA) is 37.4 Å². The Balaban J connectivity index is 1.79. The third-order valence-electron chi connectivity index (χ3n) is 4.74. The fourth-order valence-corrected chi connectivity index (χ4v) is 5.49. The van der Waals surface area contributed by atoms with Crippen molar-refractivity contribution in [3.63, 3.8) is 0 Å². The summed E-state index contributed by atoms with van der Waals surface area (Å²) in [6, 6.07) is 14.7. The van der Waals surface area contributed by atoms with Gasteiger partial charge in [0.25, 0.3) is 0 Å². The lowest BCUT2D eigenvalue weighted by atomic mass is 9.78. The van der Waals surface area contributed by atoms with Crippen LogP contribution in [0.5, 0.6) is 0 Å². The van der Waals surface area contributed by atoms with Crippen molar-refractivity contribution in [1.29, 1.82) is 0 Å². The molecule has 1 aliphatic heterocycles. The summed E-state index contributed by atoms with van der Waals surface area (Å²) in [5.41, 5.74) is 1.11.